The molecule has 0 atom stereocenters. The van der Waals surface area contributed by atoms with E-state index >= 15 is 0 Å². The van der Waals surface area contributed by atoms with Crippen molar-refractivity contribution in [2.24, 2.45) is 5.41 Å². The molecule has 1 aliphatic rings. The molecule has 0 aliphatic heterocycles. The average Bonchev–Trinajstić information content (AvgIpc) is 2.47. The molecule has 0 radical (unpaired) electrons. The van der Waals surface area contributed by atoms with Crippen LogP contribution in [0, 0.1) is 5.41 Å². The first kappa shape index (κ1) is 15.4. The quantitative estimate of drug-likeness (QED) is 0.892. The van der Waals surface area contributed by atoms with E-state index in [0.717, 1.165) is 25.7 Å². The van der Waals surface area contributed by atoms with Crippen LogP contribution in [0.5, 0.6) is 5.75 Å². The van der Waals surface area contributed by atoms with Gasteiger partial charge in [0.25, 0.3) is 0 Å². The second-order valence-corrected chi connectivity index (χ2v) is 5.80. The Bertz CT molecular complexity index is 547. The van der Waals surface area contributed by atoms with Gasteiger partial charge in [-0.05, 0) is 31.0 Å². The molecule has 2 N–H and O–H groups in total. The van der Waals surface area contributed by atoms with E-state index in [2.05, 4.69) is 5.32 Å². The number of nitrogens with one attached hydrogen (secondary N) is 1. The van der Waals surface area contributed by atoms with Crippen LogP contribution in [0.15, 0.2) is 18.2 Å². The first-order valence-corrected chi connectivity index (χ1v) is 7.19. The molecule has 1 aromatic rings. The Balaban J connectivity index is 2.23. The Morgan fingerprint density at radius 3 is 2.48 bits per heavy atom. The number of carboxylic acids is 1. The predicted octanol–water partition coefficient (Wildman–Crippen LogP) is 3.30. The van der Waals surface area contributed by atoms with Gasteiger partial charge in [0.15, 0.2) is 0 Å². The van der Waals surface area contributed by atoms with Crippen LogP contribution in [0.1, 0.15) is 49.4 Å². The molecule has 1 fully saturated rings. The lowest BCUT2D eigenvalue weighted by Gasteiger charge is -2.32. The smallest absolute Gasteiger partial charge is 0.335 e. The summed E-state index contributed by atoms with van der Waals surface area (Å²) in [7, 11) is 1.49. The summed E-state index contributed by atoms with van der Waals surface area (Å²) in [5, 5.41) is 11.9. The summed E-state index contributed by atoms with van der Waals surface area (Å²) in [5.41, 5.74) is 0.150. The molecule has 0 unspecified atom stereocenters. The second kappa shape index (κ2) is 6.16. The molecule has 5 heteroatoms. The Morgan fingerprint density at radius 1 is 1.24 bits per heavy atom. The van der Waals surface area contributed by atoms with Crippen LogP contribution in [0.3, 0.4) is 0 Å². The fraction of sp³-hybridized carbons (Fsp3) is 0.500. The van der Waals surface area contributed by atoms with Crippen LogP contribution in [-0.2, 0) is 4.79 Å². The summed E-state index contributed by atoms with van der Waals surface area (Å²) in [6.07, 6.45) is 4.99. The summed E-state index contributed by atoms with van der Waals surface area (Å²) < 4.78 is 5.19. The molecule has 0 bridgehead atoms. The molecule has 1 aromatic carbocycles. The highest BCUT2D eigenvalue weighted by molar-refractivity contribution is 5.98. The van der Waals surface area contributed by atoms with Crippen molar-refractivity contribution in [3.8, 4) is 5.75 Å². The van der Waals surface area contributed by atoms with Crippen LogP contribution in [0.4, 0.5) is 5.69 Å². The Morgan fingerprint density at radius 2 is 1.90 bits per heavy atom. The van der Waals surface area contributed by atoms with Gasteiger partial charge in [0.1, 0.15) is 5.75 Å². The molecule has 114 valence electrons. The van der Waals surface area contributed by atoms with E-state index in [1.807, 2.05) is 6.92 Å². The standard InChI is InChI=1S/C16H21NO4/c1-16(8-4-3-5-9-16)15(20)17-12-10-11(14(18)19)6-7-13(12)21-2/h6-7,10H,3-5,8-9H2,1-2H3,(H,17,20)(H,18,19). The van der Waals surface area contributed by atoms with Crippen LogP contribution in [0.2, 0.25) is 0 Å². The minimum absolute atomic E-state index is 0.0666. The number of carboxylic acid groups (broad SMARTS) is 1. The van der Waals surface area contributed by atoms with Gasteiger partial charge in [-0.1, -0.05) is 26.2 Å². The van der Waals surface area contributed by atoms with E-state index in [4.69, 9.17) is 9.84 Å². The van der Waals surface area contributed by atoms with E-state index in [-0.39, 0.29) is 16.9 Å². The van der Waals surface area contributed by atoms with Gasteiger partial charge in [0.05, 0.1) is 18.4 Å². The summed E-state index contributed by atoms with van der Waals surface area (Å²) in [5.74, 6) is -0.632. The van der Waals surface area contributed by atoms with Gasteiger partial charge in [-0.3, -0.25) is 4.79 Å². The number of carbonyl (C=O) groups is 2. The molecule has 0 spiro atoms. The third-order valence-electron chi connectivity index (χ3n) is 4.20. The van der Waals surface area contributed by atoms with Gasteiger partial charge in [0.2, 0.25) is 5.91 Å². The molecule has 1 amide bonds. The van der Waals surface area contributed by atoms with Crippen molar-refractivity contribution < 1.29 is 19.4 Å². The molecular weight excluding hydrogens is 270 g/mol. The molecule has 0 saturated heterocycles. The molecule has 1 saturated carbocycles. The lowest BCUT2D eigenvalue weighted by molar-refractivity contribution is -0.126. The number of ether oxygens (including phenoxy) is 1. The normalized spacial score (nSPS) is 17.0. The average molecular weight is 291 g/mol. The third-order valence-corrected chi connectivity index (χ3v) is 4.20. The molecule has 21 heavy (non-hydrogen) atoms. The van der Waals surface area contributed by atoms with E-state index in [1.54, 1.807) is 6.07 Å². The van der Waals surface area contributed by atoms with Crippen molar-refractivity contribution in [1.29, 1.82) is 0 Å². The van der Waals surface area contributed by atoms with Crippen LogP contribution in [0.25, 0.3) is 0 Å². The number of methoxy groups -OCH3 is 1. The lowest BCUT2D eigenvalue weighted by atomic mass is 9.75. The summed E-state index contributed by atoms with van der Waals surface area (Å²) in [6, 6.07) is 4.45. The number of benzene rings is 1. The Labute approximate surface area is 124 Å². The minimum atomic E-state index is -1.03. The molecular formula is C16H21NO4. The molecule has 0 heterocycles. The van der Waals surface area contributed by atoms with Crippen LogP contribution in [-0.4, -0.2) is 24.1 Å². The van der Waals surface area contributed by atoms with Crippen molar-refractivity contribution >= 4 is 17.6 Å². The fourth-order valence-electron chi connectivity index (χ4n) is 2.77. The molecule has 1 aliphatic carbocycles. The number of amides is 1. The third kappa shape index (κ3) is 3.35. The number of carbonyl (C=O) groups excluding carboxylic acids is 1. The van der Waals surface area contributed by atoms with Crippen LogP contribution < -0.4 is 10.1 Å². The zero-order chi connectivity index (χ0) is 15.5. The van der Waals surface area contributed by atoms with Crippen molar-refractivity contribution in [1.82, 2.24) is 0 Å². The Hall–Kier alpha value is -2.04. The largest absolute Gasteiger partial charge is 0.495 e. The number of hydrogen-bond donors (Lipinski definition) is 2. The zero-order valence-corrected chi connectivity index (χ0v) is 12.4. The highest BCUT2D eigenvalue weighted by Crippen LogP contribution is 2.37. The fourth-order valence-corrected chi connectivity index (χ4v) is 2.77. The summed E-state index contributed by atoms with van der Waals surface area (Å²) >= 11 is 0. The minimum Gasteiger partial charge on any atom is -0.495 e. The number of anilines is 1. The number of rotatable bonds is 4. The van der Waals surface area contributed by atoms with E-state index < -0.39 is 5.97 Å². The molecule has 5 nitrogen and oxygen atoms in total. The van der Waals surface area contributed by atoms with Crippen molar-refractivity contribution in [2.75, 3.05) is 12.4 Å². The monoisotopic (exact) mass is 291 g/mol. The first-order chi connectivity index (χ1) is 9.96. The number of hydrogen-bond acceptors (Lipinski definition) is 3. The maximum Gasteiger partial charge on any atom is 0.335 e. The molecule has 0 aromatic heterocycles. The maximum absolute atomic E-state index is 12.5. The van der Waals surface area contributed by atoms with Crippen LogP contribution >= 0.6 is 0 Å². The molecule has 2 rings (SSSR count). The summed E-state index contributed by atoms with van der Waals surface area (Å²) in [4.78, 5) is 23.6. The van der Waals surface area contributed by atoms with Gasteiger partial charge < -0.3 is 15.2 Å². The van der Waals surface area contributed by atoms with Gasteiger partial charge in [-0.25, -0.2) is 4.79 Å². The van der Waals surface area contributed by atoms with E-state index in [9.17, 15) is 9.59 Å². The summed E-state index contributed by atoms with van der Waals surface area (Å²) in [6.45, 7) is 1.97. The van der Waals surface area contributed by atoms with E-state index in [0.29, 0.717) is 11.4 Å². The van der Waals surface area contributed by atoms with Crippen molar-refractivity contribution in [3.05, 3.63) is 23.8 Å². The van der Waals surface area contributed by atoms with Gasteiger partial charge >= 0.3 is 5.97 Å². The lowest BCUT2D eigenvalue weighted by Crippen LogP contribution is -2.35. The SMILES string of the molecule is COc1ccc(C(=O)O)cc1NC(=O)C1(C)CCCCC1. The van der Waals surface area contributed by atoms with Gasteiger partial charge in [-0.15, -0.1) is 0 Å². The topological polar surface area (TPSA) is 75.6 Å². The highest BCUT2D eigenvalue weighted by atomic mass is 16.5. The van der Waals surface area contributed by atoms with E-state index in [1.165, 1.54) is 25.7 Å². The zero-order valence-electron chi connectivity index (χ0n) is 12.4. The highest BCUT2D eigenvalue weighted by Gasteiger charge is 2.34. The predicted molar refractivity (Wildman–Crippen MR) is 79.8 cm³/mol. The van der Waals surface area contributed by atoms with Gasteiger partial charge in [-0.2, -0.15) is 0 Å². The maximum atomic E-state index is 12.5. The number of aromatic carboxylic acids is 1. The van der Waals surface area contributed by atoms with Gasteiger partial charge in [0, 0.05) is 5.41 Å². The van der Waals surface area contributed by atoms with Crippen molar-refractivity contribution in [2.45, 2.75) is 39.0 Å². The first-order valence-electron chi connectivity index (χ1n) is 7.19. The van der Waals surface area contributed by atoms with Crippen molar-refractivity contribution in [3.63, 3.8) is 0 Å². The second-order valence-electron chi connectivity index (χ2n) is 5.80. The Kier molecular flexibility index (Phi) is 4.50.